The highest BCUT2D eigenvalue weighted by Gasteiger charge is 2.31. The molecule has 2 aromatic carbocycles. The van der Waals surface area contributed by atoms with Gasteiger partial charge in [0.2, 0.25) is 5.91 Å². The number of hydrogen-bond acceptors (Lipinski definition) is 5. The van der Waals surface area contributed by atoms with E-state index in [0.29, 0.717) is 42.9 Å². The topological polar surface area (TPSA) is 112 Å². The molecular weight excluding hydrogens is 510 g/mol. The van der Waals surface area contributed by atoms with Crippen LogP contribution in [0.25, 0.3) is 22.0 Å². The van der Waals surface area contributed by atoms with Gasteiger partial charge in [-0.05, 0) is 74.8 Å². The Morgan fingerprint density at radius 1 is 1.20 bits per heavy atom. The standard InChI is InChI=1S/C34H39N5O2/c1-5-8-27(18-11-22(3)39(23(4)19-35)31(40)6-2)38-34(41)30-21-37-33-28(25-14-12-24(20-36)13-15-25)9-7-10-29(33)32(30)26-16-17-26/h5,7-10,12-15,21-23,26H,1,6,11,16-19,35H2,2-4H3,(H,38,41)/b27-8+/t22-,23?/m0/s1. The van der Waals surface area contributed by atoms with Crippen LogP contribution in [0.3, 0.4) is 0 Å². The average molecular weight is 550 g/mol. The van der Waals surface area contributed by atoms with Crippen molar-refractivity contribution in [3.8, 4) is 17.2 Å². The molecule has 1 aromatic heterocycles. The van der Waals surface area contributed by atoms with Crippen LogP contribution >= 0.6 is 0 Å². The van der Waals surface area contributed by atoms with Gasteiger partial charge in [0.25, 0.3) is 5.91 Å². The van der Waals surface area contributed by atoms with Crippen molar-refractivity contribution in [2.75, 3.05) is 6.54 Å². The lowest BCUT2D eigenvalue weighted by molar-refractivity contribution is -0.135. The van der Waals surface area contributed by atoms with Crippen molar-refractivity contribution in [1.29, 1.82) is 5.26 Å². The van der Waals surface area contributed by atoms with Gasteiger partial charge in [0, 0.05) is 47.9 Å². The number of para-hydroxylation sites is 1. The monoisotopic (exact) mass is 549 g/mol. The zero-order valence-electron chi connectivity index (χ0n) is 24.2. The number of nitrogens with zero attached hydrogens (tertiary/aromatic N) is 3. The molecule has 1 unspecified atom stereocenters. The van der Waals surface area contributed by atoms with Crippen LogP contribution in [-0.4, -0.2) is 40.3 Å². The summed E-state index contributed by atoms with van der Waals surface area (Å²) >= 11 is 0. The summed E-state index contributed by atoms with van der Waals surface area (Å²) in [6.07, 6.45) is 8.92. The number of allylic oxidation sites excluding steroid dienone is 3. The number of amides is 2. The molecule has 212 valence electrons. The Hall–Kier alpha value is -4.28. The number of rotatable bonds is 12. The van der Waals surface area contributed by atoms with Gasteiger partial charge in [0.05, 0.1) is 22.7 Å². The van der Waals surface area contributed by atoms with Crippen LogP contribution in [0.15, 0.2) is 73.1 Å². The number of hydrogen-bond donors (Lipinski definition) is 2. The third-order valence-electron chi connectivity index (χ3n) is 7.80. The van der Waals surface area contributed by atoms with E-state index in [1.807, 2.05) is 62.1 Å². The summed E-state index contributed by atoms with van der Waals surface area (Å²) in [5, 5.41) is 13.3. The van der Waals surface area contributed by atoms with E-state index in [-0.39, 0.29) is 23.9 Å². The van der Waals surface area contributed by atoms with Crippen molar-refractivity contribution >= 4 is 22.7 Å². The number of nitrogens with two attached hydrogens (primary N) is 1. The van der Waals surface area contributed by atoms with Crippen LogP contribution in [0.1, 0.15) is 80.3 Å². The summed E-state index contributed by atoms with van der Waals surface area (Å²) in [6, 6.07) is 15.6. The highest BCUT2D eigenvalue weighted by Crippen LogP contribution is 2.45. The largest absolute Gasteiger partial charge is 0.336 e. The molecule has 2 amide bonds. The number of nitrogens with one attached hydrogen (secondary N) is 1. The van der Waals surface area contributed by atoms with Gasteiger partial charge < -0.3 is 16.0 Å². The van der Waals surface area contributed by atoms with Crippen LogP contribution in [-0.2, 0) is 4.79 Å². The van der Waals surface area contributed by atoms with Gasteiger partial charge in [-0.1, -0.05) is 49.9 Å². The Bertz CT molecular complexity index is 1500. The molecule has 41 heavy (non-hydrogen) atoms. The first-order valence-electron chi connectivity index (χ1n) is 14.4. The van der Waals surface area contributed by atoms with Crippen molar-refractivity contribution in [3.05, 3.63) is 89.8 Å². The van der Waals surface area contributed by atoms with Crippen LogP contribution in [0.5, 0.6) is 0 Å². The van der Waals surface area contributed by atoms with E-state index < -0.39 is 0 Å². The van der Waals surface area contributed by atoms with Crippen LogP contribution in [0.2, 0.25) is 0 Å². The van der Waals surface area contributed by atoms with Crippen molar-refractivity contribution in [3.63, 3.8) is 0 Å². The zero-order chi connectivity index (χ0) is 29.5. The minimum absolute atomic E-state index is 0.0314. The Morgan fingerprint density at radius 3 is 2.54 bits per heavy atom. The molecule has 0 bridgehead atoms. The zero-order valence-corrected chi connectivity index (χ0v) is 24.2. The second-order valence-corrected chi connectivity index (χ2v) is 10.8. The van der Waals surface area contributed by atoms with Gasteiger partial charge in [0.15, 0.2) is 0 Å². The Morgan fingerprint density at radius 2 is 1.93 bits per heavy atom. The number of benzene rings is 2. The van der Waals surface area contributed by atoms with E-state index in [4.69, 9.17) is 10.7 Å². The third-order valence-corrected chi connectivity index (χ3v) is 7.80. The molecule has 0 radical (unpaired) electrons. The van der Waals surface area contributed by atoms with Gasteiger partial charge in [-0.25, -0.2) is 0 Å². The lowest BCUT2D eigenvalue weighted by atomic mass is 9.94. The highest BCUT2D eigenvalue weighted by molar-refractivity contribution is 6.04. The van der Waals surface area contributed by atoms with E-state index in [9.17, 15) is 14.9 Å². The van der Waals surface area contributed by atoms with Gasteiger partial charge in [-0.2, -0.15) is 5.26 Å². The normalized spacial score (nSPS) is 14.7. The SMILES string of the molecule is C=C/C=C(\CC[C@H](C)N(C(=O)CC)C(C)CN)NC(=O)c1cnc2c(-c3ccc(C#N)cc3)cccc2c1C1CC1. The maximum absolute atomic E-state index is 13.7. The minimum Gasteiger partial charge on any atom is -0.336 e. The first-order valence-corrected chi connectivity index (χ1v) is 14.4. The maximum Gasteiger partial charge on any atom is 0.257 e. The fourth-order valence-corrected chi connectivity index (χ4v) is 5.46. The molecule has 0 aliphatic heterocycles. The summed E-state index contributed by atoms with van der Waals surface area (Å²) in [5.41, 5.74) is 11.6. The fourth-order valence-electron chi connectivity index (χ4n) is 5.46. The number of nitriles is 1. The lowest BCUT2D eigenvalue weighted by Crippen LogP contribution is -2.47. The number of aromatic nitrogens is 1. The first-order chi connectivity index (χ1) is 19.8. The molecule has 0 saturated heterocycles. The van der Waals surface area contributed by atoms with E-state index in [1.165, 1.54) is 0 Å². The summed E-state index contributed by atoms with van der Waals surface area (Å²) in [7, 11) is 0. The Kier molecular flexibility index (Phi) is 9.69. The van der Waals surface area contributed by atoms with E-state index in [1.54, 1.807) is 24.4 Å². The molecule has 3 N–H and O–H groups in total. The van der Waals surface area contributed by atoms with Gasteiger partial charge >= 0.3 is 0 Å². The van der Waals surface area contributed by atoms with Crippen LogP contribution in [0, 0.1) is 11.3 Å². The molecule has 1 aliphatic rings. The van der Waals surface area contributed by atoms with Crippen LogP contribution in [0.4, 0.5) is 0 Å². The molecule has 1 aliphatic carbocycles. The summed E-state index contributed by atoms with van der Waals surface area (Å²) < 4.78 is 0. The summed E-state index contributed by atoms with van der Waals surface area (Å²) in [6.45, 7) is 10.1. The molecule has 2 atom stereocenters. The first kappa shape index (κ1) is 29.7. The average Bonchev–Trinajstić information content (AvgIpc) is 3.84. The Balaban J connectivity index is 1.60. The number of carbonyl (C=O) groups excluding carboxylic acids is 2. The predicted molar refractivity (Wildman–Crippen MR) is 164 cm³/mol. The molecule has 7 heteroatoms. The molecule has 4 rings (SSSR count). The highest BCUT2D eigenvalue weighted by atomic mass is 16.2. The number of pyridine rings is 1. The second-order valence-electron chi connectivity index (χ2n) is 10.8. The van der Waals surface area contributed by atoms with Gasteiger partial charge in [-0.15, -0.1) is 0 Å². The molecule has 1 fully saturated rings. The Labute approximate surface area is 242 Å². The number of carbonyl (C=O) groups is 2. The fraction of sp³-hybridized carbons (Fsp3) is 0.353. The molecule has 0 spiro atoms. The van der Waals surface area contributed by atoms with Crippen molar-refractivity contribution in [2.45, 2.75) is 70.9 Å². The summed E-state index contributed by atoms with van der Waals surface area (Å²) in [4.78, 5) is 32.9. The van der Waals surface area contributed by atoms with Gasteiger partial charge in [0.1, 0.15) is 0 Å². The number of fused-ring (bicyclic) bond motifs is 1. The quantitative estimate of drug-likeness (QED) is 0.261. The smallest absolute Gasteiger partial charge is 0.257 e. The summed E-state index contributed by atoms with van der Waals surface area (Å²) in [5.74, 6) is 0.198. The molecule has 7 nitrogen and oxygen atoms in total. The van der Waals surface area contributed by atoms with E-state index >= 15 is 0 Å². The predicted octanol–water partition coefficient (Wildman–Crippen LogP) is 6.21. The molecule has 3 aromatic rings. The molecular formula is C34H39N5O2. The van der Waals surface area contributed by atoms with Crippen LogP contribution < -0.4 is 11.1 Å². The van der Waals surface area contributed by atoms with Crippen molar-refractivity contribution in [2.24, 2.45) is 5.73 Å². The minimum atomic E-state index is -0.192. The molecule has 1 saturated carbocycles. The van der Waals surface area contributed by atoms with E-state index in [2.05, 4.69) is 18.0 Å². The maximum atomic E-state index is 13.7. The van der Waals surface area contributed by atoms with Crippen molar-refractivity contribution < 1.29 is 9.59 Å². The van der Waals surface area contributed by atoms with Crippen molar-refractivity contribution in [1.82, 2.24) is 15.2 Å². The lowest BCUT2D eigenvalue weighted by Gasteiger charge is -2.34. The second kappa shape index (κ2) is 13.4. The van der Waals surface area contributed by atoms with E-state index in [0.717, 1.165) is 46.1 Å². The van der Waals surface area contributed by atoms with Gasteiger partial charge in [-0.3, -0.25) is 14.6 Å². The third kappa shape index (κ3) is 6.72. The molecule has 1 heterocycles.